The van der Waals surface area contributed by atoms with E-state index in [9.17, 15) is 102 Å². The second kappa shape index (κ2) is 42.2. The van der Waals surface area contributed by atoms with E-state index in [-0.39, 0.29) is 74.8 Å². The van der Waals surface area contributed by atoms with Crippen LogP contribution in [0.4, 0.5) is 0 Å². The second-order valence-electron chi connectivity index (χ2n) is 25.1. The molecule has 8 aliphatic rings. The summed E-state index contributed by atoms with van der Waals surface area (Å²) in [7, 11) is 0. The van der Waals surface area contributed by atoms with Gasteiger partial charge in [-0.25, -0.2) is 0 Å². The number of rotatable bonds is 37. The van der Waals surface area contributed by atoms with Crippen molar-refractivity contribution < 1.29 is 159 Å². The van der Waals surface area contributed by atoms with Gasteiger partial charge in [0.05, 0.1) is 70.5 Å². The first-order chi connectivity index (χ1) is 46.5. The number of aliphatic hydroxyl groups excluding tert-OH is 20. The SMILES string of the molecule is OCC1O[C@H](SCCCOCC(CNC(=S)NCCSCC2O[C@@H]3OCCCCCC2[C@H](O)C3O)(COCCCS[C@@H]2OC(CO)[C@@H](O[C@@H]3OC(CO)[C@H](O)[C@H](O)C3O)[C@H](O)C2O)COCCCS[C@@H]2OC(CO)[C@@H](O[C@@H]3OC(CO)[C@H](O)[C@H](O)C3O)[C@H](O)C2O)C(O)[C@@H](O)[C@@H]1O. The molecule has 8 heterocycles. The Morgan fingerprint density at radius 3 is 1.30 bits per heavy atom. The van der Waals surface area contributed by atoms with Crippen molar-refractivity contribution in [1.82, 2.24) is 10.6 Å². The Bertz CT molecular complexity index is 2120. The Morgan fingerprint density at radius 2 is 0.845 bits per heavy atom. The highest BCUT2D eigenvalue weighted by atomic mass is 32.2. The number of hydrogen-bond acceptors (Lipinski definition) is 37. The Labute approximate surface area is 584 Å². The summed E-state index contributed by atoms with van der Waals surface area (Å²) >= 11 is 10.7. The van der Waals surface area contributed by atoms with Crippen LogP contribution < -0.4 is 10.6 Å². The van der Waals surface area contributed by atoms with Crippen molar-refractivity contribution in [1.29, 1.82) is 0 Å². The maximum absolute atomic E-state index is 11.2. The highest BCUT2D eigenvalue weighted by Crippen LogP contribution is 2.38. The van der Waals surface area contributed by atoms with Crippen molar-refractivity contribution in [3.05, 3.63) is 0 Å². The van der Waals surface area contributed by atoms with Gasteiger partial charge in [-0.05, 0) is 61.6 Å². The predicted molar refractivity (Wildman–Crippen MR) is 347 cm³/mol. The van der Waals surface area contributed by atoms with Gasteiger partial charge in [0, 0.05) is 56.9 Å². The summed E-state index contributed by atoms with van der Waals surface area (Å²) in [4.78, 5) is 0. The van der Waals surface area contributed by atoms with Crippen molar-refractivity contribution >= 4 is 64.4 Å². The summed E-state index contributed by atoms with van der Waals surface area (Å²) in [6, 6.07) is 0. The molecule has 568 valence electrons. The average Bonchev–Trinajstić information content (AvgIpc) is 0.815. The summed E-state index contributed by atoms with van der Waals surface area (Å²) in [5.41, 5.74) is -4.18. The third-order valence-corrected chi connectivity index (χ3v) is 23.0. The number of hydrogen-bond donors (Lipinski definition) is 22. The summed E-state index contributed by atoms with van der Waals surface area (Å²) in [5, 5.41) is 216. The molecule has 13 unspecified atom stereocenters. The van der Waals surface area contributed by atoms with E-state index in [1.165, 1.54) is 0 Å². The molecule has 0 aliphatic carbocycles. The first kappa shape index (κ1) is 84.1. The van der Waals surface area contributed by atoms with Gasteiger partial charge >= 0.3 is 0 Å². The molecule has 0 aromatic rings. The minimum atomic E-state index is -1.83. The third kappa shape index (κ3) is 23.2. The minimum Gasteiger partial charge on any atom is -0.394 e. The van der Waals surface area contributed by atoms with Crippen molar-refractivity contribution in [2.24, 2.45) is 11.3 Å². The number of thiocarbonyl (C=S) groups is 1. The molecule has 0 aromatic carbocycles. The molecule has 8 saturated heterocycles. The molecule has 0 amide bonds. The highest BCUT2D eigenvalue weighted by Gasteiger charge is 2.53. The van der Waals surface area contributed by atoms with Gasteiger partial charge in [-0.2, -0.15) is 11.8 Å². The lowest BCUT2D eigenvalue weighted by Crippen LogP contribution is -2.64. The van der Waals surface area contributed by atoms with Gasteiger partial charge < -0.3 is 170 Å². The Hall–Kier alpha value is -0.190. The number of nitrogens with one attached hydrogen (secondary N) is 2. The molecule has 0 spiro atoms. The van der Waals surface area contributed by atoms with E-state index in [0.717, 1.165) is 54.5 Å². The van der Waals surface area contributed by atoms with E-state index < -0.39 is 208 Å². The van der Waals surface area contributed by atoms with Crippen LogP contribution in [0.5, 0.6) is 0 Å². The van der Waals surface area contributed by atoms with Crippen LogP contribution in [0.15, 0.2) is 0 Å². The fraction of sp³-hybridized carbons (Fsp3) is 0.983. The molecule has 8 rings (SSSR count). The third-order valence-electron chi connectivity index (χ3n) is 17.9. The molecule has 97 heavy (non-hydrogen) atoms. The van der Waals surface area contributed by atoms with E-state index in [2.05, 4.69) is 10.6 Å². The first-order valence-electron chi connectivity index (χ1n) is 32.8. The van der Waals surface area contributed by atoms with Gasteiger partial charge in [-0.3, -0.25) is 0 Å². The van der Waals surface area contributed by atoms with Crippen LogP contribution in [0.25, 0.3) is 0 Å². The number of fused-ring (bicyclic) bond motifs is 7. The maximum Gasteiger partial charge on any atom is 0.187 e. The zero-order chi connectivity index (χ0) is 70.5. The van der Waals surface area contributed by atoms with Crippen molar-refractivity contribution in [3.63, 3.8) is 0 Å². The second-order valence-corrected chi connectivity index (χ2v) is 30.3. The highest BCUT2D eigenvalue weighted by molar-refractivity contribution is 8.00. The van der Waals surface area contributed by atoms with Gasteiger partial charge in [-0.15, -0.1) is 35.3 Å². The lowest BCUT2D eigenvalue weighted by Gasteiger charge is -2.46. The fourth-order valence-corrected chi connectivity index (χ4v) is 16.5. The van der Waals surface area contributed by atoms with Crippen LogP contribution in [0.1, 0.15) is 44.9 Å². The molecule has 0 saturated carbocycles. The Balaban J connectivity index is 0.974. The summed E-state index contributed by atoms with van der Waals surface area (Å²) < 4.78 is 70.8. The van der Waals surface area contributed by atoms with Crippen LogP contribution in [-0.4, -0.2) is 404 Å². The topological polar surface area (TPSA) is 539 Å². The Kier molecular flexibility index (Phi) is 36.6. The van der Waals surface area contributed by atoms with Gasteiger partial charge in [0.25, 0.3) is 0 Å². The van der Waals surface area contributed by atoms with Crippen LogP contribution in [0.2, 0.25) is 0 Å². The molecule has 0 aromatic heterocycles. The van der Waals surface area contributed by atoms with E-state index in [0.29, 0.717) is 56.1 Å². The smallest absolute Gasteiger partial charge is 0.187 e. The van der Waals surface area contributed by atoms with Crippen LogP contribution in [0.3, 0.4) is 0 Å². The fourth-order valence-electron chi connectivity index (χ4n) is 12.1. The Morgan fingerprint density at radius 1 is 0.423 bits per heavy atom. The zero-order valence-corrected chi connectivity index (χ0v) is 57.7. The largest absolute Gasteiger partial charge is 0.394 e. The first-order valence-corrected chi connectivity index (χ1v) is 37.5. The van der Waals surface area contributed by atoms with E-state index in [1.807, 2.05) is 0 Å². The normalized spacial score (nSPS) is 42.1. The van der Waals surface area contributed by atoms with Gasteiger partial charge in [0.2, 0.25) is 0 Å². The van der Waals surface area contributed by atoms with Crippen molar-refractivity contribution in [2.45, 2.75) is 221 Å². The molecule has 8 aliphatic heterocycles. The molecular weight excluding hydrogens is 1400 g/mol. The molecule has 22 N–H and O–H groups in total. The van der Waals surface area contributed by atoms with E-state index in [1.54, 1.807) is 11.8 Å². The molecule has 34 nitrogen and oxygen atoms in total. The van der Waals surface area contributed by atoms with Crippen molar-refractivity contribution in [2.75, 3.05) is 121 Å². The quantitative estimate of drug-likeness (QED) is 0.0203. The van der Waals surface area contributed by atoms with Crippen LogP contribution in [0, 0.1) is 11.3 Å². The van der Waals surface area contributed by atoms with E-state index >= 15 is 0 Å². The van der Waals surface area contributed by atoms with Gasteiger partial charge in [-0.1, -0.05) is 12.8 Å². The number of ether oxygens (including phenoxy) is 12. The summed E-state index contributed by atoms with van der Waals surface area (Å²) in [5.74, 6) is 1.75. The van der Waals surface area contributed by atoms with Crippen LogP contribution in [-0.2, 0) is 56.8 Å². The lowest BCUT2D eigenvalue weighted by atomic mass is 9.85. The molecular formula is C58H104N2O32S5. The summed E-state index contributed by atoms with van der Waals surface area (Å²) in [6.45, 7) is -2.19. The van der Waals surface area contributed by atoms with Gasteiger partial charge in [0.1, 0.15) is 144 Å². The average molecular weight is 1500 g/mol. The molecule has 2 bridgehead atoms. The predicted octanol–water partition coefficient (Wildman–Crippen LogP) is -8.71. The lowest BCUT2D eigenvalue weighted by molar-refractivity contribution is -0.338. The molecule has 8 fully saturated rings. The minimum absolute atomic E-state index is 0.00426. The molecule has 39 heteroatoms. The van der Waals surface area contributed by atoms with E-state index in [4.69, 9.17) is 69.1 Å². The molecule has 0 radical (unpaired) electrons. The number of thioether (sulfide) groups is 4. The summed E-state index contributed by atoms with van der Waals surface area (Å²) in [6.07, 6.45) is -33.4. The van der Waals surface area contributed by atoms with Crippen molar-refractivity contribution in [3.8, 4) is 0 Å². The monoisotopic (exact) mass is 1500 g/mol. The number of aliphatic hydroxyl groups is 20. The standard InChI is InChI=1S/C58H104N2O32S5/c61-17-28-35(67)38(70)44(76)52(85-28)91-49-31(20-64)89-55(47(79)41(49)73)96-14-5-10-82-25-58(24-81-9-4-13-95-54-46(78)40(72)37(69)30(19-63)88-54,23-60-57(93)59-8-16-94-22-33-27-7-2-1-3-12-84-51(87-33)43(75)34(27)66)26-83-11-6-15-97-56-48(80)42(74)50(32(21-65)90-56)92-53-45(77)39(71)36(68)29(18-62)86-53/h27-56,61-80H,1-26H2,(H2,59,60,93)/t27?,28?,29?,30?,31?,32?,33?,34-,35-,36-,37+,38-,39-,40-,41+,42+,43?,44?,45?,46?,47?,48?,49+,50+,51-,52-,53-,54+,55-,56-,58?/m0/s1. The maximum atomic E-state index is 11.2. The van der Waals surface area contributed by atoms with Gasteiger partial charge in [0.15, 0.2) is 24.0 Å². The van der Waals surface area contributed by atoms with Crippen LogP contribution >= 0.6 is 59.3 Å². The molecule has 30 atom stereocenters. The zero-order valence-electron chi connectivity index (χ0n) is 53.6.